The highest BCUT2D eigenvalue weighted by Crippen LogP contribution is 2.23. The standard InChI is InChI=1S/C18H19N5OS/c1-3-23-17(14-8-10-19-11-9-14)21-22-18(23)25-12-16(24)20-15-7-5-4-6-13(15)2/h4-11H,3,12H2,1-2H3,(H,20,24). The molecule has 0 atom stereocenters. The Balaban J connectivity index is 1.68. The second-order valence-electron chi connectivity index (χ2n) is 5.44. The largest absolute Gasteiger partial charge is 0.325 e. The first-order valence-corrected chi connectivity index (χ1v) is 8.99. The first-order valence-electron chi connectivity index (χ1n) is 8.01. The van der Waals surface area contributed by atoms with E-state index in [1.165, 1.54) is 11.8 Å². The predicted octanol–water partition coefficient (Wildman–Crippen LogP) is 3.40. The number of carbonyl (C=O) groups excluding carboxylic acids is 1. The quantitative estimate of drug-likeness (QED) is 0.688. The lowest BCUT2D eigenvalue weighted by molar-refractivity contribution is -0.113. The lowest BCUT2D eigenvalue weighted by atomic mass is 10.2. The van der Waals surface area contributed by atoms with E-state index >= 15 is 0 Å². The Bertz CT molecular complexity index is 863. The molecule has 0 aliphatic heterocycles. The van der Waals surface area contributed by atoms with Gasteiger partial charge in [-0.05, 0) is 37.6 Å². The van der Waals surface area contributed by atoms with Crippen LogP contribution in [0.4, 0.5) is 5.69 Å². The smallest absolute Gasteiger partial charge is 0.234 e. The Morgan fingerprint density at radius 2 is 1.92 bits per heavy atom. The number of anilines is 1. The Hall–Kier alpha value is -2.67. The molecular weight excluding hydrogens is 334 g/mol. The minimum Gasteiger partial charge on any atom is -0.325 e. The zero-order valence-corrected chi connectivity index (χ0v) is 15.0. The first kappa shape index (κ1) is 17.2. The molecule has 2 heterocycles. The summed E-state index contributed by atoms with van der Waals surface area (Å²) in [5, 5.41) is 12.2. The molecule has 3 rings (SSSR count). The molecule has 0 aliphatic carbocycles. The van der Waals surface area contributed by atoms with Gasteiger partial charge in [0.15, 0.2) is 11.0 Å². The summed E-state index contributed by atoms with van der Waals surface area (Å²) in [6.45, 7) is 4.73. The van der Waals surface area contributed by atoms with Crippen LogP contribution in [0.25, 0.3) is 11.4 Å². The summed E-state index contributed by atoms with van der Waals surface area (Å²) in [4.78, 5) is 16.2. The number of hydrogen-bond acceptors (Lipinski definition) is 5. The highest BCUT2D eigenvalue weighted by molar-refractivity contribution is 7.99. The molecule has 0 spiro atoms. The Labute approximate surface area is 150 Å². The van der Waals surface area contributed by atoms with Gasteiger partial charge in [0.1, 0.15) is 0 Å². The fourth-order valence-corrected chi connectivity index (χ4v) is 3.23. The average molecular weight is 353 g/mol. The molecule has 0 saturated carbocycles. The first-order chi connectivity index (χ1) is 12.2. The highest BCUT2D eigenvalue weighted by Gasteiger charge is 2.14. The van der Waals surface area contributed by atoms with E-state index in [1.54, 1.807) is 12.4 Å². The van der Waals surface area contributed by atoms with Gasteiger partial charge in [0.2, 0.25) is 5.91 Å². The van der Waals surface area contributed by atoms with Crippen LogP contribution in [0.5, 0.6) is 0 Å². The SMILES string of the molecule is CCn1c(SCC(=O)Nc2ccccc2C)nnc1-c1ccncc1. The van der Waals surface area contributed by atoms with Crippen LogP contribution in [-0.2, 0) is 11.3 Å². The maximum Gasteiger partial charge on any atom is 0.234 e. The molecule has 0 saturated heterocycles. The van der Waals surface area contributed by atoms with Crippen molar-refractivity contribution in [3.05, 3.63) is 54.4 Å². The Morgan fingerprint density at radius 3 is 2.64 bits per heavy atom. The summed E-state index contributed by atoms with van der Waals surface area (Å²) in [5.41, 5.74) is 2.83. The number of para-hydroxylation sites is 1. The van der Waals surface area contributed by atoms with Crippen LogP contribution in [-0.4, -0.2) is 31.4 Å². The third-order valence-corrected chi connectivity index (χ3v) is 4.69. The van der Waals surface area contributed by atoms with Crippen LogP contribution < -0.4 is 5.32 Å². The fraction of sp³-hybridized carbons (Fsp3) is 0.222. The Morgan fingerprint density at radius 1 is 1.16 bits per heavy atom. The zero-order valence-electron chi connectivity index (χ0n) is 14.1. The number of nitrogens with zero attached hydrogens (tertiary/aromatic N) is 4. The molecule has 2 aromatic heterocycles. The lowest BCUT2D eigenvalue weighted by Gasteiger charge is -2.09. The van der Waals surface area contributed by atoms with Gasteiger partial charge in [-0.2, -0.15) is 0 Å². The van der Waals surface area contributed by atoms with Crippen molar-refractivity contribution in [2.75, 3.05) is 11.1 Å². The average Bonchev–Trinajstić information content (AvgIpc) is 3.05. The summed E-state index contributed by atoms with van der Waals surface area (Å²) < 4.78 is 2.00. The van der Waals surface area contributed by atoms with E-state index in [2.05, 4.69) is 20.5 Å². The molecule has 0 aliphatic rings. The summed E-state index contributed by atoms with van der Waals surface area (Å²) >= 11 is 1.38. The number of pyridine rings is 1. The van der Waals surface area contributed by atoms with Crippen LogP contribution in [0.3, 0.4) is 0 Å². The van der Waals surface area contributed by atoms with Crippen molar-refractivity contribution in [3.63, 3.8) is 0 Å². The van der Waals surface area contributed by atoms with Crippen molar-refractivity contribution in [2.24, 2.45) is 0 Å². The summed E-state index contributed by atoms with van der Waals surface area (Å²) in [5.74, 6) is 1.00. The summed E-state index contributed by atoms with van der Waals surface area (Å²) in [6.07, 6.45) is 3.46. The molecular formula is C18H19N5OS. The van der Waals surface area contributed by atoms with E-state index in [0.29, 0.717) is 0 Å². The molecule has 0 bridgehead atoms. The number of hydrogen-bond donors (Lipinski definition) is 1. The van der Waals surface area contributed by atoms with E-state index in [1.807, 2.05) is 54.8 Å². The van der Waals surface area contributed by atoms with E-state index in [0.717, 1.165) is 34.3 Å². The maximum absolute atomic E-state index is 12.2. The topological polar surface area (TPSA) is 72.7 Å². The third-order valence-electron chi connectivity index (χ3n) is 3.72. The molecule has 0 unspecified atom stereocenters. The molecule has 1 amide bonds. The second-order valence-corrected chi connectivity index (χ2v) is 6.38. The van der Waals surface area contributed by atoms with Crippen LogP contribution in [0.1, 0.15) is 12.5 Å². The number of amides is 1. The number of thioether (sulfide) groups is 1. The van der Waals surface area contributed by atoms with Gasteiger partial charge >= 0.3 is 0 Å². The van der Waals surface area contributed by atoms with Gasteiger partial charge in [-0.25, -0.2) is 0 Å². The molecule has 0 fully saturated rings. The number of nitrogens with one attached hydrogen (secondary N) is 1. The molecule has 25 heavy (non-hydrogen) atoms. The number of rotatable bonds is 6. The van der Waals surface area contributed by atoms with Crippen LogP contribution in [0.2, 0.25) is 0 Å². The van der Waals surface area contributed by atoms with Gasteiger partial charge in [-0.3, -0.25) is 9.78 Å². The number of aromatic nitrogens is 4. The van der Waals surface area contributed by atoms with E-state index in [4.69, 9.17) is 0 Å². The van der Waals surface area contributed by atoms with Gasteiger partial charge in [0.25, 0.3) is 0 Å². The van der Waals surface area contributed by atoms with Crippen molar-refractivity contribution >= 4 is 23.4 Å². The molecule has 128 valence electrons. The van der Waals surface area contributed by atoms with Crippen LogP contribution in [0, 0.1) is 6.92 Å². The zero-order chi connectivity index (χ0) is 17.6. The van der Waals surface area contributed by atoms with E-state index in [9.17, 15) is 4.79 Å². The monoisotopic (exact) mass is 353 g/mol. The summed E-state index contributed by atoms with van der Waals surface area (Å²) in [6, 6.07) is 11.5. The maximum atomic E-state index is 12.2. The van der Waals surface area contributed by atoms with Gasteiger partial charge in [-0.1, -0.05) is 30.0 Å². The number of carbonyl (C=O) groups is 1. The molecule has 6 nitrogen and oxygen atoms in total. The number of aryl methyl sites for hydroxylation is 1. The number of benzene rings is 1. The highest BCUT2D eigenvalue weighted by atomic mass is 32.2. The predicted molar refractivity (Wildman–Crippen MR) is 99.5 cm³/mol. The van der Waals surface area contributed by atoms with Crippen LogP contribution >= 0.6 is 11.8 Å². The normalized spacial score (nSPS) is 10.6. The second kappa shape index (κ2) is 7.94. The Kier molecular flexibility index (Phi) is 5.45. The van der Waals surface area contributed by atoms with E-state index < -0.39 is 0 Å². The van der Waals surface area contributed by atoms with Crippen molar-refractivity contribution in [3.8, 4) is 11.4 Å². The molecule has 0 radical (unpaired) electrons. The molecule has 1 aromatic carbocycles. The lowest BCUT2D eigenvalue weighted by Crippen LogP contribution is -2.15. The van der Waals surface area contributed by atoms with Crippen molar-refractivity contribution < 1.29 is 4.79 Å². The van der Waals surface area contributed by atoms with Crippen molar-refractivity contribution in [2.45, 2.75) is 25.5 Å². The van der Waals surface area contributed by atoms with Gasteiger partial charge in [0.05, 0.1) is 5.75 Å². The van der Waals surface area contributed by atoms with Crippen molar-refractivity contribution in [1.82, 2.24) is 19.7 Å². The van der Waals surface area contributed by atoms with Gasteiger partial charge < -0.3 is 9.88 Å². The summed E-state index contributed by atoms with van der Waals surface area (Å²) in [7, 11) is 0. The third kappa shape index (κ3) is 4.06. The van der Waals surface area contributed by atoms with E-state index in [-0.39, 0.29) is 11.7 Å². The molecule has 7 heteroatoms. The van der Waals surface area contributed by atoms with Gasteiger partial charge in [0, 0.05) is 30.2 Å². The van der Waals surface area contributed by atoms with Gasteiger partial charge in [-0.15, -0.1) is 10.2 Å². The minimum atomic E-state index is -0.0598. The molecule has 3 aromatic rings. The molecule has 1 N–H and O–H groups in total. The van der Waals surface area contributed by atoms with Crippen LogP contribution in [0.15, 0.2) is 53.9 Å². The fourth-order valence-electron chi connectivity index (χ4n) is 2.42. The minimum absolute atomic E-state index is 0.0598. The van der Waals surface area contributed by atoms with Crippen molar-refractivity contribution in [1.29, 1.82) is 0 Å².